The third kappa shape index (κ3) is 2.71. The van der Waals surface area contributed by atoms with Gasteiger partial charge in [-0.3, -0.25) is 4.90 Å². The summed E-state index contributed by atoms with van der Waals surface area (Å²) in [7, 11) is 0. The first-order valence-electron chi connectivity index (χ1n) is 7.11. The number of nitrogens with two attached hydrogens (primary N) is 1. The van der Waals surface area contributed by atoms with Crippen LogP contribution >= 0.6 is 11.6 Å². The van der Waals surface area contributed by atoms with Crippen molar-refractivity contribution in [2.24, 2.45) is 5.73 Å². The number of nitrogens with zero attached hydrogens (tertiary/aromatic N) is 3. The minimum absolute atomic E-state index is 0.489. The van der Waals surface area contributed by atoms with Crippen molar-refractivity contribution in [3.8, 4) is 0 Å². The van der Waals surface area contributed by atoms with Crippen molar-refractivity contribution < 1.29 is 0 Å². The number of hydrogen-bond acceptors (Lipinski definition) is 4. The molecule has 0 aromatic carbocycles. The third-order valence-corrected chi connectivity index (χ3v) is 4.53. The SMILES string of the molecule is NCc1cnc(N2CCN3CCCCC3C2)c(Cl)c1. The lowest BCUT2D eigenvalue weighted by molar-refractivity contribution is 0.133. The highest BCUT2D eigenvalue weighted by molar-refractivity contribution is 6.33. The molecule has 0 bridgehead atoms. The zero-order chi connectivity index (χ0) is 13.2. The molecule has 2 N–H and O–H groups in total. The first-order chi connectivity index (χ1) is 9.28. The lowest BCUT2D eigenvalue weighted by atomic mass is 9.99. The van der Waals surface area contributed by atoms with Crippen LogP contribution in [0.1, 0.15) is 24.8 Å². The lowest BCUT2D eigenvalue weighted by Gasteiger charge is -2.44. The van der Waals surface area contributed by atoms with Crippen LogP contribution in [-0.4, -0.2) is 42.1 Å². The molecule has 1 atom stereocenters. The smallest absolute Gasteiger partial charge is 0.147 e. The Morgan fingerprint density at radius 2 is 2.21 bits per heavy atom. The number of anilines is 1. The topological polar surface area (TPSA) is 45.4 Å². The molecule has 1 aromatic rings. The second-order valence-corrected chi connectivity index (χ2v) is 5.89. The molecule has 0 spiro atoms. The molecule has 0 amide bonds. The number of halogens is 1. The molecule has 2 fully saturated rings. The maximum absolute atomic E-state index is 6.34. The fourth-order valence-corrected chi connectivity index (χ4v) is 3.47. The lowest BCUT2D eigenvalue weighted by Crippen LogP contribution is -2.55. The van der Waals surface area contributed by atoms with Gasteiger partial charge in [0, 0.05) is 38.4 Å². The highest BCUT2D eigenvalue weighted by Gasteiger charge is 2.30. The summed E-state index contributed by atoms with van der Waals surface area (Å²) in [5, 5.41) is 0.729. The maximum atomic E-state index is 6.34. The molecule has 1 aromatic heterocycles. The van der Waals surface area contributed by atoms with Gasteiger partial charge in [0.25, 0.3) is 0 Å². The van der Waals surface area contributed by atoms with Crippen LogP contribution in [0.2, 0.25) is 5.02 Å². The molecule has 2 aliphatic heterocycles. The van der Waals surface area contributed by atoms with Crippen LogP contribution in [0, 0.1) is 0 Å². The van der Waals surface area contributed by atoms with E-state index in [0.717, 1.165) is 36.0 Å². The fourth-order valence-electron chi connectivity index (χ4n) is 3.16. The summed E-state index contributed by atoms with van der Waals surface area (Å²) in [6, 6.07) is 2.62. The minimum Gasteiger partial charge on any atom is -0.353 e. The Kier molecular flexibility index (Phi) is 3.91. The zero-order valence-electron chi connectivity index (χ0n) is 11.2. The Balaban J connectivity index is 1.75. The number of rotatable bonds is 2. The molecule has 4 nitrogen and oxygen atoms in total. The molecule has 2 aliphatic rings. The molecular formula is C14H21ClN4. The Hall–Kier alpha value is -0.840. The molecule has 0 saturated carbocycles. The summed E-state index contributed by atoms with van der Waals surface area (Å²) in [6.45, 7) is 4.94. The Bertz CT molecular complexity index is 451. The Morgan fingerprint density at radius 1 is 1.32 bits per heavy atom. The van der Waals surface area contributed by atoms with Crippen molar-refractivity contribution in [2.45, 2.75) is 31.8 Å². The molecule has 0 aliphatic carbocycles. The van der Waals surface area contributed by atoms with E-state index in [2.05, 4.69) is 14.8 Å². The molecule has 1 unspecified atom stereocenters. The van der Waals surface area contributed by atoms with Crippen LogP contribution in [0.5, 0.6) is 0 Å². The highest BCUT2D eigenvalue weighted by atomic mass is 35.5. The quantitative estimate of drug-likeness (QED) is 0.898. The molecule has 3 rings (SSSR count). The van der Waals surface area contributed by atoms with Crippen molar-refractivity contribution in [1.29, 1.82) is 0 Å². The summed E-state index contributed by atoms with van der Waals surface area (Å²) < 4.78 is 0. The van der Waals surface area contributed by atoms with E-state index in [1.54, 1.807) is 0 Å². The van der Waals surface area contributed by atoms with Gasteiger partial charge in [0.1, 0.15) is 5.82 Å². The molecule has 3 heterocycles. The second-order valence-electron chi connectivity index (χ2n) is 5.48. The van der Waals surface area contributed by atoms with Gasteiger partial charge in [-0.1, -0.05) is 18.0 Å². The highest BCUT2D eigenvalue weighted by Crippen LogP contribution is 2.28. The van der Waals surface area contributed by atoms with Crippen LogP contribution in [-0.2, 0) is 6.54 Å². The molecule has 19 heavy (non-hydrogen) atoms. The largest absolute Gasteiger partial charge is 0.353 e. The first kappa shape index (κ1) is 13.2. The van der Waals surface area contributed by atoms with Gasteiger partial charge in [0.2, 0.25) is 0 Å². The predicted molar refractivity (Wildman–Crippen MR) is 78.6 cm³/mol. The Morgan fingerprint density at radius 3 is 3.00 bits per heavy atom. The van der Waals surface area contributed by atoms with E-state index in [1.165, 1.54) is 25.8 Å². The van der Waals surface area contributed by atoms with Crippen molar-refractivity contribution in [3.63, 3.8) is 0 Å². The van der Waals surface area contributed by atoms with Crippen molar-refractivity contribution in [2.75, 3.05) is 31.1 Å². The molecule has 5 heteroatoms. The average molecular weight is 281 g/mol. The van der Waals surface area contributed by atoms with Gasteiger partial charge in [-0.05, 0) is 31.0 Å². The van der Waals surface area contributed by atoms with Gasteiger partial charge >= 0.3 is 0 Å². The van der Waals surface area contributed by atoms with Crippen LogP contribution < -0.4 is 10.6 Å². The molecule has 2 saturated heterocycles. The molecule has 104 valence electrons. The minimum atomic E-state index is 0.489. The van der Waals surface area contributed by atoms with Gasteiger partial charge < -0.3 is 10.6 Å². The van der Waals surface area contributed by atoms with E-state index in [1.807, 2.05) is 12.3 Å². The summed E-state index contributed by atoms with van der Waals surface area (Å²) in [4.78, 5) is 9.45. The van der Waals surface area contributed by atoms with E-state index < -0.39 is 0 Å². The number of hydrogen-bond donors (Lipinski definition) is 1. The number of piperidine rings is 1. The summed E-state index contributed by atoms with van der Waals surface area (Å²) in [5.41, 5.74) is 6.61. The number of aromatic nitrogens is 1. The van der Waals surface area contributed by atoms with E-state index >= 15 is 0 Å². The second kappa shape index (κ2) is 5.65. The van der Waals surface area contributed by atoms with E-state index in [0.29, 0.717) is 12.6 Å². The van der Waals surface area contributed by atoms with Gasteiger partial charge in [-0.25, -0.2) is 4.98 Å². The summed E-state index contributed by atoms with van der Waals surface area (Å²) >= 11 is 6.34. The third-order valence-electron chi connectivity index (χ3n) is 4.25. The summed E-state index contributed by atoms with van der Waals surface area (Å²) in [6.07, 6.45) is 5.84. The predicted octanol–water partition coefficient (Wildman–Crippen LogP) is 1.87. The van der Waals surface area contributed by atoms with Crippen LogP contribution in [0.3, 0.4) is 0 Å². The zero-order valence-corrected chi connectivity index (χ0v) is 11.9. The van der Waals surface area contributed by atoms with E-state index in [9.17, 15) is 0 Å². The number of pyridine rings is 1. The van der Waals surface area contributed by atoms with Gasteiger partial charge in [0.15, 0.2) is 0 Å². The first-order valence-corrected chi connectivity index (χ1v) is 7.49. The summed E-state index contributed by atoms with van der Waals surface area (Å²) in [5.74, 6) is 0.920. The maximum Gasteiger partial charge on any atom is 0.147 e. The number of fused-ring (bicyclic) bond motifs is 1. The van der Waals surface area contributed by atoms with Crippen LogP contribution in [0.4, 0.5) is 5.82 Å². The fraction of sp³-hybridized carbons (Fsp3) is 0.643. The number of piperazine rings is 1. The van der Waals surface area contributed by atoms with Crippen LogP contribution in [0.15, 0.2) is 12.3 Å². The van der Waals surface area contributed by atoms with Gasteiger partial charge in [0.05, 0.1) is 5.02 Å². The molecule has 0 radical (unpaired) electrons. The van der Waals surface area contributed by atoms with Gasteiger partial charge in [-0.15, -0.1) is 0 Å². The van der Waals surface area contributed by atoms with E-state index in [-0.39, 0.29) is 0 Å². The van der Waals surface area contributed by atoms with E-state index in [4.69, 9.17) is 17.3 Å². The van der Waals surface area contributed by atoms with Crippen molar-refractivity contribution in [1.82, 2.24) is 9.88 Å². The van der Waals surface area contributed by atoms with Crippen molar-refractivity contribution in [3.05, 3.63) is 22.8 Å². The van der Waals surface area contributed by atoms with Crippen molar-refractivity contribution >= 4 is 17.4 Å². The average Bonchev–Trinajstić information content (AvgIpc) is 2.46. The van der Waals surface area contributed by atoms with Crippen LogP contribution in [0.25, 0.3) is 0 Å². The molecular weight excluding hydrogens is 260 g/mol. The standard InChI is InChI=1S/C14H21ClN4/c15-13-7-11(8-16)9-17-14(13)19-6-5-18-4-2-1-3-12(18)10-19/h7,9,12H,1-6,8,10,16H2. The monoisotopic (exact) mass is 280 g/mol. The normalized spacial score (nSPS) is 24.3. The Labute approximate surface area is 119 Å². The van der Waals surface area contributed by atoms with Gasteiger partial charge in [-0.2, -0.15) is 0 Å².